The van der Waals surface area contributed by atoms with E-state index in [4.69, 9.17) is 0 Å². The molecule has 1 aliphatic carbocycles. The molecule has 0 N–H and O–H groups in total. The maximum absolute atomic E-state index is 12.3. The van der Waals surface area contributed by atoms with Crippen molar-refractivity contribution in [3.63, 3.8) is 0 Å². The van der Waals surface area contributed by atoms with Gasteiger partial charge in [-0.1, -0.05) is 52.3 Å². The molecule has 0 aliphatic heterocycles. The highest BCUT2D eigenvalue weighted by Crippen LogP contribution is 2.37. The molecule has 0 unspecified atom stereocenters. The van der Waals surface area contributed by atoms with Crippen molar-refractivity contribution in [1.29, 1.82) is 0 Å². The minimum Gasteiger partial charge on any atom is -0.285 e. The molecular formula is C18H9BrO2. The Bertz CT molecular complexity index is 941. The van der Waals surface area contributed by atoms with E-state index in [0.29, 0.717) is 11.1 Å². The molecule has 21 heavy (non-hydrogen) atoms. The summed E-state index contributed by atoms with van der Waals surface area (Å²) in [6.07, 6.45) is 0. The molecule has 2 nitrogen and oxygen atoms in total. The van der Waals surface area contributed by atoms with Crippen LogP contribution < -0.4 is 0 Å². The maximum atomic E-state index is 12.3. The van der Waals surface area contributed by atoms with Gasteiger partial charge in [-0.25, -0.2) is 0 Å². The normalized spacial score (nSPS) is 13.2. The van der Waals surface area contributed by atoms with E-state index in [1.54, 1.807) is 12.1 Å². The number of benzene rings is 3. The zero-order valence-corrected chi connectivity index (χ0v) is 12.5. The number of ketones is 2. The van der Waals surface area contributed by atoms with Gasteiger partial charge in [0.1, 0.15) is 0 Å². The second kappa shape index (κ2) is 4.37. The van der Waals surface area contributed by atoms with Crippen LogP contribution in [0.15, 0.2) is 59.1 Å². The predicted octanol–water partition coefficient (Wildman–Crippen LogP) is 4.65. The first-order valence-electron chi connectivity index (χ1n) is 6.57. The van der Waals surface area contributed by atoms with Gasteiger partial charge in [0.2, 0.25) is 11.6 Å². The summed E-state index contributed by atoms with van der Waals surface area (Å²) in [5.41, 5.74) is 2.63. The van der Waals surface area contributed by atoms with Gasteiger partial charge < -0.3 is 0 Å². The number of carbonyl (C=O) groups is 2. The monoisotopic (exact) mass is 336 g/mol. The standard InChI is InChI=1S/C18H9BrO2/c19-16-7-3-4-10-8-15-14(9-13(10)16)11-5-1-2-6-12(11)17(20)18(15)21/h1-9H. The van der Waals surface area contributed by atoms with Crippen LogP contribution in [-0.4, -0.2) is 11.6 Å². The molecule has 0 bridgehead atoms. The van der Waals surface area contributed by atoms with E-state index in [1.807, 2.05) is 42.5 Å². The number of rotatable bonds is 0. The van der Waals surface area contributed by atoms with Gasteiger partial charge in [-0.15, -0.1) is 0 Å². The fraction of sp³-hybridized carbons (Fsp3) is 0. The summed E-state index contributed by atoms with van der Waals surface area (Å²) in [5.74, 6) is -0.849. The minimum atomic E-state index is -0.425. The Morgan fingerprint density at radius 3 is 2.19 bits per heavy atom. The molecule has 0 spiro atoms. The summed E-state index contributed by atoms with van der Waals surface area (Å²) in [6.45, 7) is 0. The predicted molar refractivity (Wildman–Crippen MR) is 85.7 cm³/mol. The molecule has 0 saturated carbocycles. The highest BCUT2D eigenvalue weighted by Gasteiger charge is 2.30. The molecule has 0 fully saturated rings. The van der Waals surface area contributed by atoms with E-state index < -0.39 is 11.6 Å². The second-order valence-electron chi connectivity index (χ2n) is 5.06. The first kappa shape index (κ1) is 12.5. The van der Waals surface area contributed by atoms with Gasteiger partial charge in [0.15, 0.2) is 0 Å². The SMILES string of the molecule is O=C1C(=O)c2cc3cccc(Br)c3cc2-c2ccccc21. The summed E-state index contributed by atoms with van der Waals surface area (Å²) in [7, 11) is 0. The lowest BCUT2D eigenvalue weighted by Gasteiger charge is -2.18. The Labute approximate surface area is 129 Å². The number of carbonyl (C=O) groups excluding carboxylic acids is 2. The van der Waals surface area contributed by atoms with Crippen molar-refractivity contribution < 1.29 is 9.59 Å². The average Bonchev–Trinajstić information content (AvgIpc) is 2.52. The Kier molecular flexibility index (Phi) is 2.59. The molecule has 0 aromatic heterocycles. The topological polar surface area (TPSA) is 34.1 Å². The summed E-state index contributed by atoms with van der Waals surface area (Å²) in [6, 6.07) is 16.9. The third-order valence-corrected chi connectivity index (χ3v) is 4.57. The Hall–Kier alpha value is -2.26. The Balaban J connectivity index is 2.16. The van der Waals surface area contributed by atoms with Gasteiger partial charge in [-0.2, -0.15) is 0 Å². The summed E-state index contributed by atoms with van der Waals surface area (Å²) in [5, 5.41) is 1.98. The third kappa shape index (κ3) is 1.71. The highest BCUT2D eigenvalue weighted by molar-refractivity contribution is 9.10. The molecule has 0 radical (unpaired) electrons. The Morgan fingerprint density at radius 2 is 1.38 bits per heavy atom. The molecule has 3 heteroatoms. The molecule has 0 amide bonds. The molecule has 1 aliphatic rings. The molecule has 3 aromatic rings. The fourth-order valence-corrected chi connectivity index (χ4v) is 3.35. The lowest BCUT2D eigenvalue weighted by atomic mass is 9.82. The molecule has 100 valence electrons. The van der Waals surface area contributed by atoms with Crippen LogP contribution in [0.3, 0.4) is 0 Å². The van der Waals surface area contributed by atoms with Crippen LogP contribution in [0.4, 0.5) is 0 Å². The number of hydrogen-bond acceptors (Lipinski definition) is 2. The smallest absolute Gasteiger partial charge is 0.234 e. The van der Waals surface area contributed by atoms with Crippen LogP contribution in [0.1, 0.15) is 20.7 Å². The van der Waals surface area contributed by atoms with Crippen LogP contribution in [0.2, 0.25) is 0 Å². The number of Topliss-reactive ketones (excluding diaryl/α,β-unsaturated/α-hetero) is 2. The molecule has 3 aromatic carbocycles. The van der Waals surface area contributed by atoms with E-state index >= 15 is 0 Å². The minimum absolute atomic E-state index is 0.424. The molecule has 4 rings (SSSR count). The van der Waals surface area contributed by atoms with E-state index in [-0.39, 0.29) is 0 Å². The molecule has 0 atom stereocenters. The third-order valence-electron chi connectivity index (χ3n) is 3.88. The Morgan fingerprint density at radius 1 is 0.667 bits per heavy atom. The number of fused-ring (bicyclic) bond motifs is 4. The molecular weight excluding hydrogens is 328 g/mol. The van der Waals surface area contributed by atoms with Crippen LogP contribution in [0.5, 0.6) is 0 Å². The summed E-state index contributed by atoms with van der Waals surface area (Å²) >= 11 is 3.54. The van der Waals surface area contributed by atoms with Crippen molar-refractivity contribution in [1.82, 2.24) is 0 Å². The second-order valence-corrected chi connectivity index (χ2v) is 5.92. The van der Waals surface area contributed by atoms with E-state index in [1.165, 1.54) is 0 Å². The van der Waals surface area contributed by atoms with Gasteiger partial charge in [0.25, 0.3) is 0 Å². The quantitative estimate of drug-likeness (QED) is 0.560. The first-order chi connectivity index (χ1) is 10.2. The van der Waals surface area contributed by atoms with Gasteiger partial charge >= 0.3 is 0 Å². The average molecular weight is 337 g/mol. The van der Waals surface area contributed by atoms with Crippen molar-refractivity contribution >= 4 is 38.3 Å². The van der Waals surface area contributed by atoms with Crippen LogP contribution in [0.25, 0.3) is 21.9 Å². The van der Waals surface area contributed by atoms with Crippen molar-refractivity contribution in [3.8, 4) is 11.1 Å². The number of halogens is 1. The number of hydrogen-bond donors (Lipinski definition) is 0. The van der Waals surface area contributed by atoms with Gasteiger partial charge in [-0.05, 0) is 40.1 Å². The van der Waals surface area contributed by atoms with Crippen LogP contribution in [0, 0.1) is 0 Å². The van der Waals surface area contributed by atoms with Gasteiger partial charge in [0, 0.05) is 15.6 Å². The van der Waals surface area contributed by atoms with Crippen LogP contribution >= 0.6 is 15.9 Å². The first-order valence-corrected chi connectivity index (χ1v) is 7.37. The highest BCUT2D eigenvalue weighted by atomic mass is 79.9. The largest absolute Gasteiger partial charge is 0.285 e. The zero-order chi connectivity index (χ0) is 14.6. The van der Waals surface area contributed by atoms with E-state index in [0.717, 1.165) is 26.4 Å². The molecule has 0 heterocycles. The fourth-order valence-electron chi connectivity index (χ4n) is 2.86. The molecule has 0 saturated heterocycles. The maximum Gasteiger partial charge on any atom is 0.234 e. The van der Waals surface area contributed by atoms with Crippen molar-refractivity contribution in [3.05, 3.63) is 70.2 Å². The summed E-state index contributed by atoms with van der Waals surface area (Å²) in [4.78, 5) is 24.6. The lowest BCUT2D eigenvalue weighted by Crippen LogP contribution is -2.21. The summed E-state index contributed by atoms with van der Waals surface area (Å²) < 4.78 is 0.977. The van der Waals surface area contributed by atoms with Crippen LogP contribution in [-0.2, 0) is 0 Å². The van der Waals surface area contributed by atoms with E-state index in [2.05, 4.69) is 15.9 Å². The van der Waals surface area contributed by atoms with Gasteiger partial charge in [-0.3, -0.25) is 9.59 Å². The van der Waals surface area contributed by atoms with Gasteiger partial charge in [0.05, 0.1) is 0 Å². The van der Waals surface area contributed by atoms with Crippen molar-refractivity contribution in [2.75, 3.05) is 0 Å². The van der Waals surface area contributed by atoms with Crippen molar-refractivity contribution in [2.45, 2.75) is 0 Å². The van der Waals surface area contributed by atoms with Crippen molar-refractivity contribution in [2.24, 2.45) is 0 Å². The van der Waals surface area contributed by atoms with E-state index in [9.17, 15) is 9.59 Å². The lowest BCUT2D eigenvalue weighted by molar-refractivity contribution is 0.0815. The zero-order valence-electron chi connectivity index (χ0n) is 10.9.